The second-order valence-corrected chi connectivity index (χ2v) is 6.40. The molecule has 1 amide bonds. The van der Waals surface area contributed by atoms with Crippen molar-refractivity contribution in [1.29, 1.82) is 0 Å². The molecule has 0 saturated carbocycles. The first-order valence-electron chi connectivity index (χ1n) is 9.19. The maximum atomic E-state index is 12.8. The number of piperazine rings is 1. The Morgan fingerprint density at radius 3 is 2.61 bits per heavy atom. The molecule has 1 aromatic carbocycles. The van der Waals surface area contributed by atoms with Crippen molar-refractivity contribution < 1.29 is 23.0 Å². The van der Waals surface area contributed by atoms with Crippen LogP contribution in [0, 0.1) is 0 Å². The van der Waals surface area contributed by atoms with Crippen LogP contribution in [0.2, 0.25) is 0 Å². The summed E-state index contributed by atoms with van der Waals surface area (Å²) >= 11 is 0. The van der Waals surface area contributed by atoms with Crippen LogP contribution >= 0.6 is 0 Å². The van der Waals surface area contributed by atoms with Crippen molar-refractivity contribution in [2.75, 3.05) is 32.8 Å². The fourth-order valence-corrected chi connectivity index (χ4v) is 3.14. The molecule has 0 atom stereocenters. The highest BCUT2D eigenvalue weighted by atomic mass is 19.3. The fraction of sp³-hybridized carbons (Fsp3) is 0.400. The monoisotopic (exact) mass is 391 g/mol. The molecule has 6 nitrogen and oxygen atoms in total. The van der Waals surface area contributed by atoms with E-state index in [4.69, 9.17) is 4.74 Å². The van der Waals surface area contributed by atoms with Crippen molar-refractivity contribution in [2.45, 2.75) is 20.1 Å². The molecule has 0 spiro atoms. The first kappa shape index (κ1) is 20.0. The lowest BCUT2D eigenvalue weighted by Gasteiger charge is -2.34. The molecule has 0 aliphatic carbocycles. The number of nitrogens with zero attached hydrogens (tertiary/aromatic N) is 3. The van der Waals surface area contributed by atoms with Crippen LogP contribution in [0.5, 0.6) is 11.5 Å². The number of hydrogen-bond donors (Lipinski definition) is 0. The first-order valence-corrected chi connectivity index (χ1v) is 9.19. The van der Waals surface area contributed by atoms with Gasteiger partial charge in [-0.15, -0.1) is 0 Å². The molecule has 1 aliphatic heterocycles. The van der Waals surface area contributed by atoms with Crippen LogP contribution in [0.15, 0.2) is 42.7 Å². The Balaban J connectivity index is 1.62. The number of pyridine rings is 1. The number of benzene rings is 1. The van der Waals surface area contributed by atoms with Gasteiger partial charge in [-0.25, -0.2) is 0 Å². The minimum Gasteiger partial charge on any atom is -0.490 e. The standard InChI is InChI=1S/C20H23F2N3O3/c1-2-27-18-12-16(5-6-17(18)28-20(21)22)19(26)25-10-8-24(9-11-25)14-15-4-3-7-23-13-15/h3-7,12-13,20H,2,8-11,14H2,1H3. The summed E-state index contributed by atoms with van der Waals surface area (Å²) < 4.78 is 34.9. The molecule has 2 aromatic rings. The van der Waals surface area contributed by atoms with Crippen molar-refractivity contribution in [3.05, 3.63) is 53.9 Å². The van der Waals surface area contributed by atoms with Crippen LogP contribution in [-0.2, 0) is 6.54 Å². The maximum absolute atomic E-state index is 12.8. The summed E-state index contributed by atoms with van der Waals surface area (Å²) in [4.78, 5) is 21.0. The summed E-state index contributed by atoms with van der Waals surface area (Å²) in [5, 5.41) is 0. The number of carbonyl (C=O) groups excluding carboxylic acids is 1. The highest BCUT2D eigenvalue weighted by Crippen LogP contribution is 2.30. The molecular weight excluding hydrogens is 368 g/mol. The van der Waals surface area contributed by atoms with E-state index in [0.717, 1.165) is 25.2 Å². The Labute approximate surface area is 162 Å². The fourth-order valence-electron chi connectivity index (χ4n) is 3.14. The Hall–Kier alpha value is -2.74. The number of rotatable bonds is 7. The van der Waals surface area contributed by atoms with Gasteiger partial charge in [-0.2, -0.15) is 8.78 Å². The average Bonchev–Trinajstić information content (AvgIpc) is 2.70. The Morgan fingerprint density at radius 1 is 1.18 bits per heavy atom. The predicted octanol–water partition coefficient (Wildman–Crippen LogP) is 3.04. The molecule has 8 heteroatoms. The lowest BCUT2D eigenvalue weighted by Crippen LogP contribution is -2.48. The van der Waals surface area contributed by atoms with Gasteiger partial charge in [-0.3, -0.25) is 14.7 Å². The quantitative estimate of drug-likeness (QED) is 0.726. The summed E-state index contributed by atoms with van der Waals surface area (Å²) in [7, 11) is 0. The van der Waals surface area contributed by atoms with Crippen molar-refractivity contribution in [3.8, 4) is 11.5 Å². The summed E-state index contributed by atoms with van der Waals surface area (Å²) in [6, 6.07) is 8.24. The molecule has 1 aliphatic rings. The normalized spacial score (nSPS) is 14.9. The molecule has 0 radical (unpaired) electrons. The van der Waals surface area contributed by atoms with Gasteiger partial charge in [0.2, 0.25) is 0 Å². The molecule has 28 heavy (non-hydrogen) atoms. The van der Waals surface area contributed by atoms with E-state index in [1.165, 1.54) is 18.2 Å². The minimum atomic E-state index is -2.95. The zero-order valence-corrected chi connectivity index (χ0v) is 15.7. The van der Waals surface area contributed by atoms with Crippen LogP contribution < -0.4 is 9.47 Å². The molecule has 1 saturated heterocycles. The molecule has 0 unspecified atom stereocenters. The number of carbonyl (C=O) groups is 1. The van der Waals surface area contributed by atoms with Crippen molar-refractivity contribution >= 4 is 5.91 Å². The molecular formula is C20H23F2N3O3. The SMILES string of the molecule is CCOc1cc(C(=O)N2CCN(Cc3cccnc3)CC2)ccc1OC(F)F. The third kappa shape index (κ3) is 5.16. The number of alkyl halides is 2. The second-order valence-electron chi connectivity index (χ2n) is 6.40. The van der Waals surface area contributed by atoms with Crippen LogP contribution in [0.4, 0.5) is 8.78 Å². The average molecular weight is 391 g/mol. The van der Waals surface area contributed by atoms with E-state index >= 15 is 0 Å². The van der Waals surface area contributed by atoms with E-state index < -0.39 is 6.61 Å². The lowest BCUT2D eigenvalue weighted by molar-refractivity contribution is -0.0514. The van der Waals surface area contributed by atoms with Crippen LogP contribution in [0.25, 0.3) is 0 Å². The summed E-state index contributed by atoms with van der Waals surface area (Å²) in [6.07, 6.45) is 3.59. The molecule has 0 N–H and O–H groups in total. The number of hydrogen-bond acceptors (Lipinski definition) is 5. The van der Waals surface area contributed by atoms with E-state index in [2.05, 4.69) is 14.6 Å². The van der Waals surface area contributed by atoms with Crippen LogP contribution in [0.3, 0.4) is 0 Å². The van der Waals surface area contributed by atoms with Gasteiger partial charge < -0.3 is 14.4 Å². The Bertz CT molecular complexity index is 782. The molecule has 3 rings (SSSR count). The van der Waals surface area contributed by atoms with E-state index in [-0.39, 0.29) is 24.0 Å². The highest BCUT2D eigenvalue weighted by Gasteiger charge is 2.23. The Kier molecular flexibility index (Phi) is 6.76. The van der Waals surface area contributed by atoms with Crippen molar-refractivity contribution in [2.24, 2.45) is 0 Å². The lowest BCUT2D eigenvalue weighted by atomic mass is 10.1. The van der Waals surface area contributed by atoms with Gasteiger partial charge in [0, 0.05) is 50.7 Å². The van der Waals surface area contributed by atoms with E-state index in [0.29, 0.717) is 18.7 Å². The summed E-state index contributed by atoms with van der Waals surface area (Å²) in [5.74, 6) is -0.0795. The molecule has 0 bridgehead atoms. The van der Waals surface area contributed by atoms with E-state index in [1.807, 2.05) is 18.3 Å². The Morgan fingerprint density at radius 2 is 1.96 bits per heavy atom. The first-order chi connectivity index (χ1) is 13.6. The number of halogens is 2. The van der Waals surface area contributed by atoms with Crippen molar-refractivity contribution in [1.82, 2.24) is 14.8 Å². The molecule has 2 heterocycles. The van der Waals surface area contributed by atoms with Gasteiger partial charge in [0.1, 0.15) is 0 Å². The summed E-state index contributed by atoms with van der Waals surface area (Å²) in [5.41, 5.74) is 1.53. The van der Waals surface area contributed by atoms with Gasteiger partial charge in [0.05, 0.1) is 6.61 Å². The number of amides is 1. The predicted molar refractivity (Wildman–Crippen MR) is 99.7 cm³/mol. The van der Waals surface area contributed by atoms with Crippen LogP contribution in [-0.4, -0.2) is 60.1 Å². The summed E-state index contributed by atoms with van der Waals surface area (Å²) in [6.45, 7) is 2.57. The highest BCUT2D eigenvalue weighted by molar-refractivity contribution is 5.95. The van der Waals surface area contributed by atoms with Gasteiger partial charge in [-0.05, 0) is 36.8 Å². The zero-order valence-electron chi connectivity index (χ0n) is 15.7. The number of aromatic nitrogens is 1. The zero-order chi connectivity index (χ0) is 19.9. The van der Waals surface area contributed by atoms with E-state index in [1.54, 1.807) is 18.0 Å². The van der Waals surface area contributed by atoms with Crippen LogP contribution in [0.1, 0.15) is 22.8 Å². The number of ether oxygens (including phenoxy) is 2. The minimum absolute atomic E-state index is 0.0744. The van der Waals surface area contributed by atoms with E-state index in [9.17, 15) is 13.6 Å². The second kappa shape index (κ2) is 9.45. The largest absolute Gasteiger partial charge is 0.490 e. The van der Waals surface area contributed by atoms with Gasteiger partial charge >= 0.3 is 6.61 Å². The van der Waals surface area contributed by atoms with Gasteiger partial charge in [0.15, 0.2) is 11.5 Å². The van der Waals surface area contributed by atoms with Gasteiger partial charge in [-0.1, -0.05) is 6.07 Å². The third-order valence-electron chi connectivity index (χ3n) is 4.50. The smallest absolute Gasteiger partial charge is 0.387 e. The maximum Gasteiger partial charge on any atom is 0.387 e. The molecule has 1 fully saturated rings. The molecule has 150 valence electrons. The third-order valence-corrected chi connectivity index (χ3v) is 4.50. The van der Waals surface area contributed by atoms with Crippen molar-refractivity contribution in [3.63, 3.8) is 0 Å². The topological polar surface area (TPSA) is 54.9 Å². The molecule has 1 aromatic heterocycles. The van der Waals surface area contributed by atoms with Gasteiger partial charge in [0.25, 0.3) is 5.91 Å².